The monoisotopic (exact) mass is 304 g/mol. The summed E-state index contributed by atoms with van der Waals surface area (Å²) in [5.41, 5.74) is 0.406. The number of nitrogens with one attached hydrogen (secondary N) is 2. The lowest BCUT2D eigenvalue weighted by molar-refractivity contribution is 0.630. The van der Waals surface area contributed by atoms with E-state index in [1.807, 2.05) is 7.05 Å². The average molecular weight is 305 g/mol. The fourth-order valence-corrected chi connectivity index (χ4v) is 2.17. The van der Waals surface area contributed by atoms with Crippen molar-refractivity contribution in [1.82, 2.24) is 30.0 Å². The van der Waals surface area contributed by atoms with Gasteiger partial charge in [0.2, 0.25) is 0 Å². The number of aromatic nitrogens is 5. The summed E-state index contributed by atoms with van der Waals surface area (Å²) in [6.07, 6.45) is 1.63. The number of H-pyrrole nitrogens is 1. The van der Waals surface area contributed by atoms with Crippen molar-refractivity contribution in [2.75, 3.05) is 0 Å². The van der Waals surface area contributed by atoms with Crippen LogP contribution < -0.4 is 10.9 Å². The molecule has 3 aromatic rings. The molecule has 2 aromatic heterocycles. The predicted molar refractivity (Wildman–Crippen MR) is 78.9 cm³/mol. The van der Waals surface area contributed by atoms with Crippen molar-refractivity contribution >= 4 is 22.5 Å². The average Bonchev–Trinajstić information content (AvgIpc) is 2.84. The van der Waals surface area contributed by atoms with Gasteiger partial charge >= 0.3 is 0 Å². The summed E-state index contributed by atoms with van der Waals surface area (Å²) in [7, 11) is 1.81. The first-order chi connectivity index (χ1) is 10.1. The summed E-state index contributed by atoms with van der Waals surface area (Å²) >= 11 is 5.92. The molecule has 0 amide bonds. The summed E-state index contributed by atoms with van der Waals surface area (Å²) in [6, 6.07) is 5.01. The zero-order chi connectivity index (χ0) is 14.8. The third-order valence-electron chi connectivity index (χ3n) is 2.94. The molecule has 0 saturated heterocycles. The van der Waals surface area contributed by atoms with Crippen molar-refractivity contribution < 1.29 is 0 Å². The SMILES string of the molecule is Cn1cnc(CNCc2nc3cc(Cl)ccc3c(=O)[nH]2)n1. The molecule has 0 fully saturated rings. The Morgan fingerprint density at radius 2 is 2.24 bits per heavy atom. The number of aryl methyl sites for hydroxylation is 1. The van der Waals surface area contributed by atoms with Gasteiger partial charge in [-0.1, -0.05) is 11.6 Å². The first-order valence-electron chi connectivity index (χ1n) is 6.35. The molecule has 0 aliphatic heterocycles. The van der Waals surface area contributed by atoms with E-state index in [0.29, 0.717) is 40.7 Å². The van der Waals surface area contributed by atoms with Gasteiger partial charge in [-0.2, -0.15) is 5.10 Å². The maximum Gasteiger partial charge on any atom is 0.258 e. The highest BCUT2D eigenvalue weighted by molar-refractivity contribution is 6.31. The van der Waals surface area contributed by atoms with Crippen molar-refractivity contribution in [3.8, 4) is 0 Å². The third kappa shape index (κ3) is 3.09. The topological polar surface area (TPSA) is 88.5 Å². The van der Waals surface area contributed by atoms with Crippen LogP contribution in [0.25, 0.3) is 10.9 Å². The van der Waals surface area contributed by atoms with Crippen molar-refractivity contribution in [2.24, 2.45) is 7.05 Å². The normalized spacial score (nSPS) is 11.1. The molecule has 0 unspecified atom stereocenters. The van der Waals surface area contributed by atoms with E-state index in [0.717, 1.165) is 0 Å². The van der Waals surface area contributed by atoms with E-state index in [2.05, 4.69) is 25.4 Å². The molecule has 0 aliphatic carbocycles. The van der Waals surface area contributed by atoms with E-state index >= 15 is 0 Å². The number of fused-ring (bicyclic) bond motifs is 1. The van der Waals surface area contributed by atoms with Gasteiger partial charge < -0.3 is 10.3 Å². The number of halogens is 1. The van der Waals surface area contributed by atoms with E-state index in [1.165, 1.54) is 0 Å². The molecule has 0 atom stereocenters. The highest BCUT2D eigenvalue weighted by Crippen LogP contribution is 2.14. The standard InChI is InChI=1S/C13H13ClN6O/c1-20-7-16-11(19-20)5-15-6-12-17-10-4-8(14)2-3-9(10)13(21)18-12/h2-4,7,15H,5-6H2,1H3,(H,17,18,21). The van der Waals surface area contributed by atoms with Crippen LogP contribution in [0.1, 0.15) is 11.6 Å². The van der Waals surface area contributed by atoms with Gasteiger partial charge in [-0.15, -0.1) is 0 Å². The van der Waals surface area contributed by atoms with Gasteiger partial charge in [0.1, 0.15) is 12.2 Å². The van der Waals surface area contributed by atoms with Crippen molar-refractivity contribution in [2.45, 2.75) is 13.1 Å². The van der Waals surface area contributed by atoms with Crippen LogP contribution in [0, 0.1) is 0 Å². The Morgan fingerprint density at radius 3 is 3.00 bits per heavy atom. The Kier molecular flexibility index (Phi) is 3.68. The smallest absolute Gasteiger partial charge is 0.258 e. The van der Waals surface area contributed by atoms with E-state index in [1.54, 1.807) is 29.2 Å². The molecule has 0 bridgehead atoms. The van der Waals surface area contributed by atoms with Gasteiger partial charge in [0.05, 0.1) is 24.0 Å². The number of rotatable bonds is 4. The maximum atomic E-state index is 12.0. The quantitative estimate of drug-likeness (QED) is 0.750. The van der Waals surface area contributed by atoms with E-state index < -0.39 is 0 Å². The van der Waals surface area contributed by atoms with Crippen LogP contribution in [-0.4, -0.2) is 24.7 Å². The minimum atomic E-state index is -0.176. The van der Waals surface area contributed by atoms with Gasteiger partial charge in [0.25, 0.3) is 5.56 Å². The molecule has 0 saturated carbocycles. The van der Waals surface area contributed by atoms with Crippen LogP contribution in [0.4, 0.5) is 0 Å². The predicted octanol–water partition coefficient (Wildman–Crippen LogP) is 0.995. The van der Waals surface area contributed by atoms with E-state index in [9.17, 15) is 4.79 Å². The van der Waals surface area contributed by atoms with Gasteiger partial charge in [0.15, 0.2) is 5.82 Å². The fourth-order valence-electron chi connectivity index (χ4n) is 2.00. The summed E-state index contributed by atoms with van der Waals surface area (Å²) in [5.74, 6) is 1.23. The van der Waals surface area contributed by atoms with Crippen molar-refractivity contribution in [3.63, 3.8) is 0 Å². The Bertz CT molecular complexity index is 840. The molecule has 0 aliphatic rings. The molecule has 108 valence electrons. The third-order valence-corrected chi connectivity index (χ3v) is 3.18. The number of hydrogen-bond donors (Lipinski definition) is 2. The second-order valence-corrected chi connectivity index (χ2v) is 5.05. The number of hydrogen-bond acceptors (Lipinski definition) is 5. The number of aromatic amines is 1. The van der Waals surface area contributed by atoms with Crippen molar-refractivity contribution in [3.05, 3.63) is 51.6 Å². The molecular formula is C13H13ClN6O. The molecule has 0 radical (unpaired) electrons. The summed E-state index contributed by atoms with van der Waals surface area (Å²) in [4.78, 5) is 23.2. The first kappa shape index (κ1) is 13.7. The maximum absolute atomic E-state index is 12.0. The molecular weight excluding hydrogens is 292 g/mol. The Labute approximate surface area is 125 Å². The number of nitrogens with zero attached hydrogens (tertiary/aromatic N) is 4. The van der Waals surface area contributed by atoms with E-state index in [4.69, 9.17) is 11.6 Å². The molecule has 7 nitrogen and oxygen atoms in total. The zero-order valence-corrected chi connectivity index (χ0v) is 12.1. The highest BCUT2D eigenvalue weighted by Gasteiger charge is 2.05. The molecule has 3 rings (SSSR count). The lowest BCUT2D eigenvalue weighted by Crippen LogP contribution is -2.19. The van der Waals surface area contributed by atoms with Crippen LogP contribution >= 0.6 is 11.6 Å². The number of benzene rings is 1. The zero-order valence-electron chi connectivity index (χ0n) is 11.3. The first-order valence-corrected chi connectivity index (χ1v) is 6.73. The molecule has 1 aromatic carbocycles. The largest absolute Gasteiger partial charge is 0.309 e. The van der Waals surface area contributed by atoms with Gasteiger partial charge in [0, 0.05) is 12.1 Å². The van der Waals surface area contributed by atoms with Crippen LogP contribution in [0.5, 0.6) is 0 Å². The van der Waals surface area contributed by atoms with Crippen LogP contribution in [0.3, 0.4) is 0 Å². The fraction of sp³-hybridized carbons (Fsp3) is 0.231. The molecule has 0 spiro atoms. The summed E-state index contributed by atoms with van der Waals surface area (Å²) in [5, 5.41) is 8.36. The molecule has 21 heavy (non-hydrogen) atoms. The minimum absolute atomic E-state index is 0.176. The van der Waals surface area contributed by atoms with Crippen LogP contribution in [-0.2, 0) is 20.1 Å². The van der Waals surface area contributed by atoms with Gasteiger partial charge in [-0.05, 0) is 18.2 Å². The molecule has 8 heteroatoms. The summed E-state index contributed by atoms with van der Waals surface area (Å²) < 4.78 is 1.63. The highest BCUT2D eigenvalue weighted by atomic mass is 35.5. The van der Waals surface area contributed by atoms with Crippen molar-refractivity contribution in [1.29, 1.82) is 0 Å². The van der Waals surface area contributed by atoms with Crippen LogP contribution in [0.15, 0.2) is 29.3 Å². The second-order valence-electron chi connectivity index (χ2n) is 4.61. The van der Waals surface area contributed by atoms with Crippen LogP contribution in [0.2, 0.25) is 5.02 Å². The Hall–Kier alpha value is -2.25. The molecule has 2 heterocycles. The van der Waals surface area contributed by atoms with E-state index in [-0.39, 0.29) is 5.56 Å². The summed E-state index contributed by atoms with van der Waals surface area (Å²) in [6.45, 7) is 0.911. The lowest BCUT2D eigenvalue weighted by Gasteiger charge is -2.04. The minimum Gasteiger partial charge on any atom is -0.309 e. The Balaban J connectivity index is 1.76. The van der Waals surface area contributed by atoms with Gasteiger partial charge in [-0.3, -0.25) is 9.48 Å². The lowest BCUT2D eigenvalue weighted by atomic mass is 10.2. The molecule has 2 N–H and O–H groups in total. The van der Waals surface area contributed by atoms with Gasteiger partial charge in [-0.25, -0.2) is 9.97 Å². The Morgan fingerprint density at radius 1 is 1.38 bits per heavy atom. The second kappa shape index (κ2) is 5.63.